The van der Waals surface area contributed by atoms with Gasteiger partial charge in [0.05, 0.1) is 27.1 Å². The highest BCUT2D eigenvalue weighted by atomic mass is 79.9. The molecule has 49 heavy (non-hydrogen) atoms. The van der Waals surface area contributed by atoms with E-state index in [-0.39, 0.29) is 0 Å². The van der Waals surface area contributed by atoms with E-state index in [1.54, 1.807) is 22.7 Å². The van der Waals surface area contributed by atoms with Crippen molar-refractivity contribution in [3.63, 3.8) is 0 Å². The molecule has 2 heterocycles. The predicted octanol–water partition coefficient (Wildman–Crippen LogP) is 16.3. The maximum Gasteiger partial charge on any atom is 0.0788 e. The zero-order valence-electron chi connectivity index (χ0n) is 25.7. The third-order valence-corrected chi connectivity index (χ3v) is 12.8. The zero-order valence-corrected chi connectivity index (χ0v) is 33.6. The fourth-order valence-electron chi connectivity index (χ4n) is 5.01. The Kier molecular flexibility index (Phi) is 12.5. The minimum atomic E-state index is 0.696. The van der Waals surface area contributed by atoms with Crippen molar-refractivity contribution in [2.45, 2.75) is 0 Å². The van der Waals surface area contributed by atoms with Gasteiger partial charge in [-0.3, -0.25) is 0 Å². The number of para-hydroxylation sites is 2. The molecule has 0 fully saturated rings. The molecular weight excluding hydrogens is 883 g/mol. The molecule has 9 heteroatoms. The Morgan fingerprint density at radius 1 is 0.469 bits per heavy atom. The van der Waals surface area contributed by atoms with E-state index in [1.165, 1.54) is 24.6 Å². The summed E-state index contributed by atoms with van der Waals surface area (Å²) >= 11 is 26.7. The quantitative estimate of drug-likeness (QED) is 0.185. The number of hydrogen-bond donors (Lipinski definition) is 1. The fraction of sp³-hybridized carbons (Fsp3) is 0. The first-order valence-electron chi connectivity index (χ1n) is 15.0. The van der Waals surface area contributed by atoms with Crippen molar-refractivity contribution < 1.29 is 0 Å². The summed E-state index contributed by atoms with van der Waals surface area (Å²) in [6, 6.07) is 48.9. The highest BCUT2D eigenvalue weighted by Crippen LogP contribution is 2.45. The van der Waals surface area contributed by atoms with Gasteiger partial charge in [0.2, 0.25) is 0 Å². The molecule has 0 amide bonds. The van der Waals surface area contributed by atoms with Crippen LogP contribution in [0, 0.1) is 0 Å². The van der Waals surface area contributed by atoms with Crippen molar-refractivity contribution in [1.29, 1.82) is 0 Å². The van der Waals surface area contributed by atoms with Gasteiger partial charge in [-0.2, -0.15) is 0 Å². The SMILES string of the molecule is Brc1csc2ccccc12.Clc1c(Br)cccc1N(c1ccccc1)c1csc2ccccc12.Clc1c(Br)cccc1Nc1ccccc1. The Hall–Kier alpha value is -3.14. The topological polar surface area (TPSA) is 15.3 Å². The molecule has 6 aromatic carbocycles. The van der Waals surface area contributed by atoms with Crippen LogP contribution in [-0.2, 0) is 0 Å². The molecular formula is C40H27Br3Cl2N2S2. The molecule has 0 aliphatic rings. The molecule has 0 saturated heterocycles. The van der Waals surface area contributed by atoms with Crippen LogP contribution in [0.5, 0.6) is 0 Å². The summed E-state index contributed by atoms with van der Waals surface area (Å²) in [7, 11) is 0. The monoisotopic (exact) mass is 906 g/mol. The molecule has 2 aromatic heterocycles. The third-order valence-electron chi connectivity index (χ3n) is 7.33. The lowest BCUT2D eigenvalue weighted by Gasteiger charge is -2.26. The van der Waals surface area contributed by atoms with Crippen molar-refractivity contribution in [1.82, 2.24) is 0 Å². The van der Waals surface area contributed by atoms with E-state index in [2.05, 4.69) is 129 Å². The number of nitrogens with one attached hydrogen (secondary N) is 1. The fourth-order valence-corrected chi connectivity index (χ4v) is 8.62. The molecule has 8 aromatic rings. The number of fused-ring (bicyclic) bond motifs is 2. The Balaban J connectivity index is 0.000000141. The molecule has 0 spiro atoms. The van der Waals surface area contributed by atoms with Crippen molar-refractivity contribution in [3.05, 3.63) is 180 Å². The van der Waals surface area contributed by atoms with Gasteiger partial charge in [-0.25, -0.2) is 0 Å². The molecule has 0 bridgehead atoms. The van der Waals surface area contributed by atoms with Gasteiger partial charge < -0.3 is 10.2 Å². The van der Waals surface area contributed by atoms with E-state index in [0.717, 1.165) is 37.4 Å². The molecule has 0 radical (unpaired) electrons. The van der Waals surface area contributed by atoms with Crippen molar-refractivity contribution in [3.8, 4) is 0 Å². The van der Waals surface area contributed by atoms with Gasteiger partial charge in [0, 0.05) is 55.7 Å². The second-order valence-electron chi connectivity index (χ2n) is 10.5. The Morgan fingerprint density at radius 2 is 1.02 bits per heavy atom. The van der Waals surface area contributed by atoms with Gasteiger partial charge >= 0.3 is 0 Å². The van der Waals surface area contributed by atoms with Gasteiger partial charge in [0.15, 0.2) is 0 Å². The van der Waals surface area contributed by atoms with E-state index >= 15 is 0 Å². The second kappa shape index (κ2) is 17.2. The van der Waals surface area contributed by atoms with Crippen LogP contribution >= 0.6 is 93.7 Å². The van der Waals surface area contributed by atoms with Crippen LogP contribution in [0.4, 0.5) is 28.4 Å². The maximum absolute atomic E-state index is 6.62. The van der Waals surface area contributed by atoms with Crippen LogP contribution in [0.3, 0.4) is 0 Å². The first-order valence-corrected chi connectivity index (χ1v) is 19.9. The minimum absolute atomic E-state index is 0.696. The first kappa shape index (κ1) is 35.7. The number of halogens is 5. The van der Waals surface area contributed by atoms with E-state index < -0.39 is 0 Å². The highest BCUT2D eigenvalue weighted by Gasteiger charge is 2.19. The number of benzene rings is 6. The second-order valence-corrected chi connectivity index (χ2v) is 15.7. The normalized spacial score (nSPS) is 10.6. The summed E-state index contributed by atoms with van der Waals surface area (Å²) in [6.45, 7) is 0. The Bertz CT molecular complexity index is 2290. The van der Waals surface area contributed by atoms with E-state index in [0.29, 0.717) is 10.0 Å². The zero-order chi connectivity index (χ0) is 34.2. The molecule has 8 rings (SSSR count). The van der Waals surface area contributed by atoms with Crippen LogP contribution in [0.15, 0.2) is 170 Å². The van der Waals surface area contributed by atoms with Crippen LogP contribution < -0.4 is 10.2 Å². The van der Waals surface area contributed by atoms with Crippen LogP contribution in [0.1, 0.15) is 0 Å². The molecule has 244 valence electrons. The molecule has 0 unspecified atom stereocenters. The number of thiophene rings is 2. The summed E-state index contributed by atoms with van der Waals surface area (Å²) in [5, 5.41) is 11.5. The lowest BCUT2D eigenvalue weighted by molar-refractivity contribution is 1.30. The lowest BCUT2D eigenvalue weighted by atomic mass is 10.1. The van der Waals surface area contributed by atoms with Crippen LogP contribution in [0.25, 0.3) is 20.2 Å². The molecule has 2 nitrogen and oxygen atoms in total. The summed E-state index contributed by atoms with van der Waals surface area (Å²) in [4.78, 5) is 2.21. The Labute approximate surface area is 329 Å². The van der Waals surface area contributed by atoms with Crippen molar-refractivity contribution >= 4 is 142 Å². The average molecular weight is 910 g/mol. The smallest absolute Gasteiger partial charge is 0.0788 e. The Morgan fingerprint density at radius 3 is 1.71 bits per heavy atom. The van der Waals surface area contributed by atoms with Gasteiger partial charge in [-0.1, -0.05) is 108 Å². The highest BCUT2D eigenvalue weighted by molar-refractivity contribution is 9.11. The van der Waals surface area contributed by atoms with Gasteiger partial charge in [0.25, 0.3) is 0 Å². The molecule has 0 aliphatic carbocycles. The molecule has 0 saturated carbocycles. The number of rotatable bonds is 5. The number of hydrogen-bond acceptors (Lipinski definition) is 4. The third kappa shape index (κ3) is 8.78. The van der Waals surface area contributed by atoms with Crippen molar-refractivity contribution in [2.24, 2.45) is 0 Å². The van der Waals surface area contributed by atoms with Gasteiger partial charge in [-0.05, 0) is 108 Å². The lowest BCUT2D eigenvalue weighted by Crippen LogP contribution is -2.10. The molecule has 0 aliphatic heterocycles. The minimum Gasteiger partial charge on any atom is -0.354 e. The summed E-state index contributed by atoms with van der Waals surface area (Å²) in [5.41, 5.74) is 5.11. The van der Waals surface area contributed by atoms with Crippen LogP contribution in [-0.4, -0.2) is 0 Å². The summed E-state index contributed by atoms with van der Waals surface area (Å²) in [6.07, 6.45) is 0. The van der Waals surface area contributed by atoms with E-state index in [4.69, 9.17) is 23.2 Å². The van der Waals surface area contributed by atoms with Crippen molar-refractivity contribution in [2.75, 3.05) is 10.2 Å². The summed E-state index contributed by atoms with van der Waals surface area (Å²) < 4.78 is 5.59. The standard InChI is InChI=1S/C20H13BrClNS.C12H9BrClN.C8H5BrS/c21-16-10-6-11-17(20(16)22)23(14-7-2-1-3-8-14)18-13-24-19-12-5-4-9-15(18)19;13-10-7-4-8-11(12(10)14)15-9-5-2-1-3-6-9;9-7-5-10-8-4-2-1-3-6(7)8/h1-13H;1-8,15H;1-5H. The molecule has 0 atom stereocenters. The predicted molar refractivity (Wildman–Crippen MR) is 228 cm³/mol. The first-order chi connectivity index (χ1) is 23.9. The van der Waals surface area contributed by atoms with E-state index in [1.807, 2.05) is 84.9 Å². The largest absolute Gasteiger partial charge is 0.354 e. The van der Waals surface area contributed by atoms with Crippen LogP contribution in [0.2, 0.25) is 10.0 Å². The van der Waals surface area contributed by atoms with Gasteiger partial charge in [-0.15, -0.1) is 22.7 Å². The average Bonchev–Trinajstić information content (AvgIpc) is 3.74. The summed E-state index contributed by atoms with van der Waals surface area (Å²) in [5.74, 6) is 0. The van der Waals surface area contributed by atoms with E-state index in [9.17, 15) is 0 Å². The number of anilines is 5. The number of nitrogens with zero attached hydrogens (tertiary/aromatic N) is 1. The maximum atomic E-state index is 6.62. The molecule has 1 N–H and O–H groups in total. The van der Waals surface area contributed by atoms with Gasteiger partial charge in [0.1, 0.15) is 0 Å².